The molecule has 3 saturated heterocycles. The highest BCUT2D eigenvalue weighted by Crippen LogP contribution is 2.39. The van der Waals surface area contributed by atoms with Crippen LogP contribution in [0.4, 0.5) is 0 Å². The standard InChI is InChI=1S/C83H89NO16/c1-59(85)84-72-76(91-51-64-37-19-6-20-38-64)75(71(58-89-49-62-33-15-4-16-34-62)97-81(72)95-55-68-45-27-10-28-46-68)99-82-79(93-53-66-41-23-8-24-42-66)77(73(86)69(96-82)56-87-47-60-29-11-2-12-30-60)100-83-80(94-54-67-43-25-9-26-44-67)78(92-52-65-39-21-7-22-40-65)74(90-50-63-35-17-5-18-36-63)70(98-83)57-88-48-61-31-13-3-14-32-61/h2-46,69-83,86H,47-58H2,1H3,(H,84,85)/t69-,70-,71+,72-,73-,74-,75+,76+,77+,78-,79-,80-,81+,82-,83-/m0/s1. The maximum absolute atomic E-state index is 13.7. The molecular formula is C83H89NO16. The van der Waals surface area contributed by atoms with Gasteiger partial charge in [-0.25, -0.2) is 0 Å². The van der Waals surface area contributed by atoms with Crippen molar-refractivity contribution in [2.24, 2.45) is 0 Å². The molecule has 15 atom stereocenters. The van der Waals surface area contributed by atoms with Gasteiger partial charge in [-0.05, 0) is 50.1 Å². The molecule has 9 aromatic rings. The molecule has 0 unspecified atom stereocenters. The first-order valence-electron chi connectivity index (χ1n) is 34.3. The van der Waals surface area contributed by atoms with E-state index in [4.69, 9.17) is 66.3 Å². The second-order valence-corrected chi connectivity index (χ2v) is 25.2. The number of nitrogens with one attached hydrogen (secondary N) is 1. The summed E-state index contributed by atoms with van der Waals surface area (Å²) >= 11 is 0. The Balaban J connectivity index is 0.963. The van der Waals surface area contributed by atoms with Crippen molar-refractivity contribution in [3.63, 3.8) is 0 Å². The van der Waals surface area contributed by atoms with Crippen molar-refractivity contribution in [2.75, 3.05) is 19.8 Å². The second kappa shape index (κ2) is 38.0. The summed E-state index contributed by atoms with van der Waals surface area (Å²) in [5, 5.41) is 16.6. The molecule has 0 aromatic heterocycles. The van der Waals surface area contributed by atoms with Crippen LogP contribution < -0.4 is 5.32 Å². The molecule has 17 nitrogen and oxygen atoms in total. The molecule has 0 aliphatic carbocycles. The maximum Gasteiger partial charge on any atom is 0.217 e. The number of rotatable bonds is 35. The molecule has 3 heterocycles. The van der Waals surface area contributed by atoms with E-state index in [0.29, 0.717) is 0 Å². The fourth-order valence-electron chi connectivity index (χ4n) is 12.6. The third-order valence-corrected chi connectivity index (χ3v) is 17.7. The molecule has 12 rings (SSSR count). The van der Waals surface area contributed by atoms with Crippen LogP contribution in [0, 0.1) is 0 Å². The SMILES string of the molecule is CC(=O)N[C@@H]1[C@H](OCc2ccccc2)O[C@H](COCc2ccccc2)[C@@H](O[C@@H]2O[C@@H](COCc3ccccc3)[C@H](O)[C@@H](O[C@@H]3O[C@@H](COCc4ccccc4)[C@H](OCc4ccccc4)[C@H](OCc4ccccc4)[C@@H]3OCc3ccccc3)[C@@H]2OCc2ccccc2)[C@@H]1OCc1ccccc1. The molecule has 0 bridgehead atoms. The van der Waals surface area contributed by atoms with Crippen LogP contribution in [0.1, 0.15) is 57.0 Å². The number of carbonyl (C=O) groups is 1. The van der Waals surface area contributed by atoms with E-state index in [0.717, 1.165) is 50.1 Å². The Morgan fingerprint density at radius 2 is 0.560 bits per heavy atom. The summed E-state index contributed by atoms with van der Waals surface area (Å²) in [4.78, 5) is 13.7. The van der Waals surface area contributed by atoms with Gasteiger partial charge >= 0.3 is 0 Å². The quantitative estimate of drug-likeness (QED) is 0.0383. The highest BCUT2D eigenvalue weighted by Gasteiger charge is 2.57. The zero-order valence-electron chi connectivity index (χ0n) is 56.2. The molecule has 1 amide bonds. The smallest absolute Gasteiger partial charge is 0.217 e. The van der Waals surface area contributed by atoms with E-state index >= 15 is 0 Å². The first-order chi connectivity index (χ1) is 49.3. The van der Waals surface area contributed by atoms with Crippen molar-refractivity contribution in [1.29, 1.82) is 0 Å². The van der Waals surface area contributed by atoms with Gasteiger partial charge in [0, 0.05) is 6.92 Å². The highest BCUT2D eigenvalue weighted by atomic mass is 16.8. The van der Waals surface area contributed by atoms with Crippen molar-refractivity contribution in [3.8, 4) is 0 Å². The molecule has 3 aliphatic heterocycles. The molecule has 17 heteroatoms. The summed E-state index contributed by atoms with van der Waals surface area (Å²) in [6, 6.07) is 87.3. The van der Waals surface area contributed by atoms with E-state index in [2.05, 4.69) is 5.32 Å². The van der Waals surface area contributed by atoms with Gasteiger partial charge in [0.2, 0.25) is 5.91 Å². The number of hydrogen-bond donors (Lipinski definition) is 2. The van der Waals surface area contributed by atoms with Crippen molar-refractivity contribution in [1.82, 2.24) is 5.32 Å². The van der Waals surface area contributed by atoms with Gasteiger partial charge < -0.3 is 76.7 Å². The zero-order chi connectivity index (χ0) is 68.3. The maximum atomic E-state index is 13.7. The summed E-state index contributed by atoms with van der Waals surface area (Å²) in [5.41, 5.74) is 8.07. The lowest BCUT2D eigenvalue weighted by atomic mass is 9.94. The van der Waals surface area contributed by atoms with E-state index in [1.165, 1.54) is 6.92 Å². The number of benzene rings is 9. The molecule has 0 spiro atoms. The van der Waals surface area contributed by atoms with Gasteiger partial charge in [0.1, 0.15) is 73.2 Å². The number of hydrogen-bond acceptors (Lipinski definition) is 16. The molecule has 3 fully saturated rings. The van der Waals surface area contributed by atoms with Crippen molar-refractivity contribution >= 4 is 5.91 Å². The average Bonchev–Trinajstić information content (AvgIpc) is 0.770. The summed E-state index contributed by atoms with van der Waals surface area (Å²) in [7, 11) is 0. The zero-order valence-corrected chi connectivity index (χ0v) is 56.2. The van der Waals surface area contributed by atoms with E-state index < -0.39 is 92.1 Å². The van der Waals surface area contributed by atoms with Crippen molar-refractivity contribution in [3.05, 3.63) is 323 Å². The minimum Gasteiger partial charge on any atom is -0.387 e. The Kier molecular flexibility index (Phi) is 27.3. The molecule has 9 aromatic carbocycles. The Labute approximate surface area is 586 Å². The monoisotopic (exact) mass is 1360 g/mol. The lowest BCUT2D eigenvalue weighted by Crippen LogP contribution is -2.69. The molecule has 2 N–H and O–H groups in total. The lowest BCUT2D eigenvalue weighted by Gasteiger charge is -2.51. The van der Waals surface area contributed by atoms with Gasteiger partial charge in [-0.15, -0.1) is 0 Å². The van der Waals surface area contributed by atoms with E-state index in [1.807, 2.05) is 273 Å². The molecule has 0 radical (unpaired) electrons. The van der Waals surface area contributed by atoms with Crippen LogP contribution in [0.5, 0.6) is 0 Å². The Bertz CT molecular complexity index is 3730. The molecular weight excluding hydrogens is 1270 g/mol. The Morgan fingerprint density at radius 1 is 0.300 bits per heavy atom. The van der Waals surface area contributed by atoms with Gasteiger partial charge in [0.15, 0.2) is 18.9 Å². The van der Waals surface area contributed by atoms with Crippen LogP contribution in [0.25, 0.3) is 0 Å². The minimum absolute atomic E-state index is 0.00668. The van der Waals surface area contributed by atoms with E-state index in [-0.39, 0.29) is 85.2 Å². The number of amides is 1. The largest absolute Gasteiger partial charge is 0.387 e. The third kappa shape index (κ3) is 21.0. The fraction of sp³-hybridized carbons (Fsp3) is 0.337. The van der Waals surface area contributed by atoms with Crippen LogP contribution in [-0.2, 0) is 131 Å². The van der Waals surface area contributed by atoms with Gasteiger partial charge in [-0.1, -0.05) is 273 Å². The predicted molar refractivity (Wildman–Crippen MR) is 374 cm³/mol. The molecule has 3 aliphatic rings. The van der Waals surface area contributed by atoms with Crippen LogP contribution in [-0.4, -0.2) is 123 Å². The van der Waals surface area contributed by atoms with E-state index in [9.17, 15) is 9.90 Å². The number of ether oxygens (including phenoxy) is 14. The van der Waals surface area contributed by atoms with Crippen LogP contribution in [0.2, 0.25) is 0 Å². The second-order valence-electron chi connectivity index (χ2n) is 25.2. The average molecular weight is 1360 g/mol. The topological polar surface area (TPSA) is 179 Å². The normalized spacial score (nSPS) is 25.2. The van der Waals surface area contributed by atoms with Crippen LogP contribution in [0.3, 0.4) is 0 Å². The number of aliphatic hydroxyl groups is 1. The van der Waals surface area contributed by atoms with Gasteiger partial charge in [0.25, 0.3) is 0 Å². The summed E-state index contributed by atoms with van der Waals surface area (Å²) in [6.07, 6.45) is -16.0. The number of carbonyl (C=O) groups excluding carboxylic acids is 1. The van der Waals surface area contributed by atoms with E-state index in [1.54, 1.807) is 0 Å². The van der Waals surface area contributed by atoms with Crippen LogP contribution in [0.15, 0.2) is 273 Å². The van der Waals surface area contributed by atoms with Gasteiger partial charge in [-0.3, -0.25) is 4.79 Å². The third-order valence-electron chi connectivity index (χ3n) is 17.7. The molecule has 522 valence electrons. The van der Waals surface area contributed by atoms with Gasteiger partial charge in [-0.2, -0.15) is 0 Å². The first kappa shape index (κ1) is 71.7. The summed E-state index contributed by atoms with van der Waals surface area (Å²) < 4.78 is 99.1. The van der Waals surface area contributed by atoms with Crippen molar-refractivity contribution < 1.29 is 76.2 Å². The highest BCUT2D eigenvalue weighted by molar-refractivity contribution is 5.73. The fourth-order valence-corrected chi connectivity index (χ4v) is 12.6. The lowest BCUT2D eigenvalue weighted by molar-refractivity contribution is -0.389. The Hall–Kier alpha value is -8.15. The molecule has 100 heavy (non-hydrogen) atoms. The van der Waals surface area contributed by atoms with Gasteiger partial charge in [0.05, 0.1) is 79.3 Å². The summed E-state index contributed by atoms with van der Waals surface area (Å²) in [5.74, 6) is -0.364. The summed E-state index contributed by atoms with van der Waals surface area (Å²) in [6.45, 7) is 2.66. The number of aliphatic hydroxyl groups excluding tert-OH is 1. The minimum atomic E-state index is -1.50. The van der Waals surface area contributed by atoms with Crippen molar-refractivity contribution in [2.45, 2.75) is 158 Å². The Morgan fingerprint density at radius 3 is 0.920 bits per heavy atom. The molecule has 0 saturated carbocycles. The first-order valence-corrected chi connectivity index (χ1v) is 34.3. The predicted octanol–water partition coefficient (Wildman–Crippen LogP) is 12.6. The van der Waals surface area contributed by atoms with Crippen LogP contribution >= 0.6 is 0 Å².